The zero-order valence-electron chi connectivity index (χ0n) is 16.8. The molecule has 31 heavy (non-hydrogen) atoms. The lowest BCUT2D eigenvalue weighted by Gasteiger charge is -2.10. The third-order valence-electron chi connectivity index (χ3n) is 4.20. The van der Waals surface area contributed by atoms with Crippen LogP contribution in [0.4, 0.5) is 30.5 Å². The molecule has 1 aromatic carbocycles. The van der Waals surface area contributed by atoms with Gasteiger partial charge in [-0.1, -0.05) is 30.1 Å². The Labute approximate surface area is 181 Å². The van der Waals surface area contributed by atoms with Gasteiger partial charge in [0.25, 0.3) is 0 Å². The van der Waals surface area contributed by atoms with Crippen LogP contribution in [0.5, 0.6) is 0 Å². The zero-order chi connectivity index (χ0) is 22.4. The smallest absolute Gasteiger partial charge is 0.330 e. The highest BCUT2D eigenvalue weighted by atomic mass is 32.2. The van der Waals surface area contributed by atoms with Crippen molar-refractivity contribution in [1.29, 1.82) is 0 Å². The number of benzene rings is 1. The van der Waals surface area contributed by atoms with Crippen molar-refractivity contribution in [2.45, 2.75) is 6.18 Å². The molecular weight excluding hydrogens is 429 g/mol. The molecular formula is C20H21F3N6OS. The van der Waals surface area contributed by atoms with E-state index in [9.17, 15) is 18.0 Å². The molecule has 7 nitrogen and oxygen atoms in total. The van der Waals surface area contributed by atoms with Gasteiger partial charge in [-0.2, -0.15) is 18.3 Å². The fraction of sp³-hybridized carbons (Fsp3) is 0.250. The molecule has 0 aliphatic carbocycles. The summed E-state index contributed by atoms with van der Waals surface area (Å²) < 4.78 is 41.8. The Morgan fingerprint density at radius 2 is 1.90 bits per heavy atom. The average molecular weight is 450 g/mol. The Balaban J connectivity index is 1.74. The van der Waals surface area contributed by atoms with E-state index in [0.717, 1.165) is 24.1 Å². The molecule has 0 amide bonds. The molecule has 0 fully saturated rings. The van der Waals surface area contributed by atoms with Gasteiger partial charge in [0.15, 0.2) is 6.29 Å². The Hall–Kier alpha value is -3.05. The fourth-order valence-electron chi connectivity index (χ4n) is 2.63. The maximum absolute atomic E-state index is 12.9. The molecule has 0 bridgehead atoms. The number of aromatic nitrogens is 3. The van der Waals surface area contributed by atoms with E-state index in [-0.39, 0.29) is 17.2 Å². The van der Waals surface area contributed by atoms with Gasteiger partial charge in [-0.15, -0.1) is 0 Å². The number of carbonyl (C=O) groups excluding carboxylic acids is 1. The van der Waals surface area contributed by atoms with Crippen LogP contribution in [0.15, 0.2) is 42.5 Å². The number of nitrogens with zero attached hydrogens (tertiary/aromatic N) is 3. The van der Waals surface area contributed by atoms with E-state index in [1.165, 1.54) is 12.1 Å². The molecule has 0 saturated carbocycles. The molecule has 0 radical (unpaired) electrons. The van der Waals surface area contributed by atoms with Crippen LogP contribution < -0.4 is 10.0 Å². The quantitative estimate of drug-likeness (QED) is 0.248. The molecule has 0 atom stereocenters. The van der Waals surface area contributed by atoms with Crippen LogP contribution >= 0.6 is 11.9 Å². The summed E-state index contributed by atoms with van der Waals surface area (Å²) in [6.07, 6.45) is -3.97. The second kappa shape index (κ2) is 9.84. The molecule has 164 valence electrons. The minimum atomic E-state index is -4.56. The number of hydrogen-bond donors (Lipinski definition) is 3. The summed E-state index contributed by atoms with van der Waals surface area (Å²) in [5.41, 5.74) is 1.14. The molecule has 0 aliphatic heterocycles. The van der Waals surface area contributed by atoms with Crippen molar-refractivity contribution in [3.63, 3.8) is 0 Å². The summed E-state index contributed by atoms with van der Waals surface area (Å²) >= 11 is 1.59. The van der Waals surface area contributed by atoms with E-state index in [2.05, 4.69) is 30.1 Å². The van der Waals surface area contributed by atoms with Crippen LogP contribution in [0.2, 0.25) is 0 Å². The monoisotopic (exact) mass is 450 g/mol. The first kappa shape index (κ1) is 22.6. The summed E-state index contributed by atoms with van der Waals surface area (Å²) in [6, 6.07) is 10.8. The molecule has 2 heterocycles. The maximum atomic E-state index is 12.9. The lowest BCUT2D eigenvalue weighted by atomic mass is 10.1. The lowest BCUT2D eigenvalue weighted by molar-refractivity contribution is -0.141. The normalized spacial score (nSPS) is 11.5. The summed E-state index contributed by atoms with van der Waals surface area (Å²) in [7, 11) is 4.02. The first-order chi connectivity index (χ1) is 14.8. The fourth-order valence-corrected chi connectivity index (χ4v) is 3.49. The number of rotatable bonds is 9. The highest BCUT2D eigenvalue weighted by Gasteiger charge is 2.32. The van der Waals surface area contributed by atoms with Crippen LogP contribution in [0.1, 0.15) is 16.1 Å². The van der Waals surface area contributed by atoms with E-state index in [1.807, 2.05) is 38.4 Å². The summed E-state index contributed by atoms with van der Waals surface area (Å²) in [5.74, 6) is 1.03. The molecule has 0 unspecified atom stereocenters. The number of halogens is 3. The molecule has 3 rings (SSSR count). The highest BCUT2D eigenvalue weighted by molar-refractivity contribution is 8.00. The summed E-state index contributed by atoms with van der Waals surface area (Å²) in [5, 5.41) is 9.51. The third-order valence-corrected chi connectivity index (χ3v) is 4.97. The van der Waals surface area contributed by atoms with Crippen molar-refractivity contribution in [2.75, 3.05) is 36.4 Å². The summed E-state index contributed by atoms with van der Waals surface area (Å²) in [6.45, 7) is 0.947. The number of hydrogen-bond acceptors (Lipinski definition) is 7. The molecule has 0 saturated heterocycles. The van der Waals surface area contributed by atoms with Gasteiger partial charge in [0.05, 0.1) is 5.56 Å². The van der Waals surface area contributed by atoms with E-state index in [1.54, 1.807) is 11.9 Å². The van der Waals surface area contributed by atoms with Gasteiger partial charge in [-0.05, 0) is 38.4 Å². The van der Waals surface area contributed by atoms with Crippen molar-refractivity contribution in [2.24, 2.45) is 0 Å². The number of anilines is 3. The molecule has 3 aromatic rings. The second-order valence-corrected chi connectivity index (χ2v) is 7.74. The minimum Gasteiger partial charge on any atom is -0.330 e. The van der Waals surface area contributed by atoms with Gasteiger partial charge in [-0.25, -0.2) is 4.98 Å². The van der Waals surface area contributed by atoms with Gasteiger partial charge in [0, 0.05) is 23.5 Å². The van der Waals surface area contributed by atoms with E-state index in [4.69, 9.17) is 0 Å². The van der Waals surface area contributed by atoms with E-state index < -0.39 is 11.9 Å². The molecule has 0 spiro atoms. The van der Waals surface area contributed by atoms with Crippen molar-refractivity contribution in [1.82, 2.24) is 20.1 Å². The van der Waals surface area contributed by atoms with Crippen molar-refractivity contribution in [3.8, 4) is 11.3 Å². The number of nitrogens with one attached hydrogen (secondary N) is 3. The summed E-state index contributed by atoms with van der Waals surface area (Å²) in [4.78, 5) is 17.3. The van der Waals surface area contributed by atoms with Crippen LogP contribution in [-0.4, -0.2) is 52.8 Å². The number of carbonyl (C=O) groups is 1. The Morgan fingerprint density at radius 1 is 1.16 bits per heavy atom. The number of aldehydes is 1. The minimum absolute atomic E-state index is 0.0533. The maximum Gasteiger partial charge on any atom is 0.433 e. The first-order valence-corrected chi connectivity index (χ1v) is 10.2. The second-order valence-electron chi connectivity index (χ2n) is 6.84. The standard InChI is InChI=1S/C20H21F3N6OS/c1-29(2)10-11-31-28-14-8-6-13(7-9-14)18-15(12-30)19(27-26-18)25-17-5-3-4-16(24-17)20(21,22)23/h3-9,12,28H,10-11H2,1-2H3,(H2,24,25,26,27). The van der Waals surface area contributed by atoms with Gasteiger partial charge < -0.3 is 14.9 Å². The van der Waals surface area contributed by atoms with Gasteiger partial charge >= 0.3 is 6.18 Å². The Kier molecular flexibility index (Phi) is 7.18. The molecule has 11 heteroatoms. The highest BCUT2D eigenvalue weighted by Crippen LogP contribution is 2.31. The largest absolute Gasteiger partial charge is 0.433 e. The topological polar surface area (TPSA) is 85.9 Å². The Morgan fingerprint density at radius 3 is 2.55 bits per heavy atom. The van der Waals surface area contributed by atoms with E-state index in [0.29, 0.717) is 17.5 Å². The van der Waals surface area contributed by atoms with Gasteiger partial charge in [0.2, 0.25) is 0 Å². The predicted octanol–water partition coefficient (Wildman–Crippen LogP) is 4.67. The average Bonchev–Trinajstić information content (AvgIpc) is 3.13. The van der Waals surface area contributed by atoms with Crippen molar-refractivity contribution in [3.05, 3.63) is 53.7 Å². The number of pyridine rings is 1. The SMILES string of the molecule is CN(C)CCSNc1ccc(-c2n[nH]c(Nc3cccc(C(F)(F)F)n3)c2C=O)cc1. The van der Waals surface area contributed by atoms with Crippen LogP contribution in [0.25, 0.3) is 11.3 Å². The predicted molar refractivity (Wildman–Crippen MR) is 117 cm³/mol. The number of aromatic amines is 1. The Bertz CT molecular complexity index is 1020. The molecule has 2 aromatic heterocycles. The van der Waals surface area contributed by atoms with Crippen molar-refractivity contribution < 1.29 is 18.0 Å². The zero-order valence-corrected chi connectivity index (χ0v) is 17.6. The lowest BCUT2D eigenvalue weighted by Crippen LogP contribution is -2.15. The third kappa shape index (κ3) is 5.98. The van der Waals surface area contributed by atoms with Crippen LogP contribution in [0, 0.1) is 0 Å². The van der Waals surface area contributed by atoms with Crippen LogP contribution in [-0.2, 0) is 6.18 Å². The van der Waals surface area contributed by atoms with Gasteiger partial charge in [-0.3, -0.25) is 9.89 Å². The molecule has 0 aliphatic rings. The van der Waals surface area contributed by atoms with Crippen LogP contribution in [0.3, 0.4) is 0 Å². The first-order valence-electron chi connectivity index (χ1n) is 9.25. The van der Waals surface area contributed by atoms with Gasteiger partial charge in [0.1, 0.15) is 23.0 Å². The number of alkyl halides is 3. The molecule has 3 N–H and O–H groups in total. The van der Waals surface area contributed by atoms with Crippen molar-refractivity contribution >= 4 is 35.6 Å². The van der Waals surface area contributed by atoms with E-state index >= 15 is 0 Å². The number of H-pyrrole nitrogens is 1.